The third-order valence-electron chi connectivity index (χ3n) is 8.53. The second kappa shape index (κ2) is 15.1. The van der Waals surface area contributed by atoms with Crippen molar-refractivity contribution >= 4 is 34.5 Å². The number of para-hydroxylation sites is 1. The zero-order valence-electron chi connectivity index (χ0n) is 28.1. The zero-order valence-corrected chi connectivity index (χ0v) is 28.1. The molecule has 13 nitrogen and oxygen atoms in total. The molecule has 4 heterocycles. The number of nitrogens with one attached hydrogen (secondary N) is 5. The number of amides is 4. The molecule has 3 aromatic carbocycles. The van der Waals surface area contributed by atoms with Crippen LogP contribution in [-0.2, 0) is 27.3 Å². The van der Waals surface area contributed by atoms with Crippen molar-refractivity contribution in [2.75, 3.05) is 13.2 Å². The van der Waals surface area contributed by atoms with Gasteiger partial charge in [-0.1, -0.05) is 74.5 Å². The quantitative estimate of drug-likeness (QED) is 0.194. The van der Waals surface area contributed by atoms with Gasteiger partial charge in [-0.15, -0.1) is 0 Å². The van der Waals surface area contributed by atoms with Gasteiger partial charge in [0.25, 0.3) is 5.91 Å². The number of hydrogen-bond acceptors (Lipinski definition) is 7. The number of aromatic amines is 1. The molecular formula is C37H40N8O5. The van der Waals surface area contributed by atoms with E-state index in [2.05, 4.69) is 31.3 Å². The maximum atomic E-state index is 14.0. The third kappa shape index (κ3) is 7.83. The van der Waals surface area contributed by atoms with Crippen molar-refractivity contribution in [3.05, 3.63) is 102 Å². The van der Waals surface area contributed by atoms with Crippen molar-refractivity contribution in [2.45, 2.75) is 51.9 Å². The summed E-state index contributed by atoms with van der Waals surface area (Å²) in [6.45, 7) is 5.74. The van der Waals surface area contributed by atoms with E-state index in [9.17, 15) is 19.2 Å². The fourth-order valence-electron chi connectivity index (χ4n) is 5.87. The van der Waals surface area contributed by atoms with E-state index < -0.39 is 35.8 Å². The Morgan fingerprint density at radius 3 is 2.44 bits per heavy atom. The number of rotatable bonds is 4. The molecule has 2 bridgehead atoms. The summed E-state index contributed by atoms with van der Waals surface area (Å²) in [6, 6.07) is 21.3. The zero-order chi connectivity index (χ0) is 35.2. The van der Waals surface area contributed by atoms with E-state index in [0.29, 0.717) is 23.0 Å². The minimum absolute atomic E-state index is 0.133. The molecular weight excluding hydrogens is 636 g/mol. The van der Waals surface area contributed by atoms with Crippen LogP contribution in [0.25, 0.3) is 22.3 Å². The molecule has 0 saturated carbocycles. The molecule has 13 heteroatoms. The highest BCUT2D eigenvalue weighted by Gasteiger charge is 2.31. The molecule has 50 heavy (non-hydrogen) atoms. The highest BCUT2D eigenvalue weighted by atomic mass is 16.5. The van der Waals surface area contributed by atoms with Gasteiger partial charge in [-0.3, -0.25) is 19.2 Å². The molecule has 0 saturated heterocycles. The fourth-order valence-corrected chi connectivity index (χ4v) is 5.87. The molecule has 0 spiro atoms. The van der Waals surface area contributed by atoms with Crippen LogP contribution in [0, 0.1) is 5.92 Å². The van der Waals surface area contributed by atoms with E-state index in [1.165, 1.54) is 4.68 Å². The lowest BCUT2D eigenvalue weighted by molar-refractivity contribution is -0.131. The molecule has 0 unspecified atom stereocenters. The van der Waals surface area contributed by atoms with E-state index in [-0.39, 0.29) is 37.9 Å². The van der Waals surface area contributed by atoms with E-state index in [4.69, 9.17) is 9.72 Å². The van der Waals surface area contributed by atoms with Gasteiger partial charge in [0.2, 0.25) is 17.7 Å². The predicted molar refractivity (Wildman–Crippen MR) is 187 cm³/mol. The number of aromatic nitrogens is 4. The lowest BCUT2D eigenvalue weighted by atomic mass is 10.00. The molecule has 2 aromatic heterocycles. The van der Waals surface area contributed by atoms with Gasteiger partial charge < -0.3 is 31.0 Å². The third-order valence-corrected chi connectivity index (χ3v) is 8.53. The van der Waals surface area contributed by atoms with Gasteiger partial charge in [-0.25, -0.2) is 9.67 Å². The number of fused-ring (bicyclic) bond motifs is 15. The largest absolute Gasteiger partial charge is 0.492 e. The number of H-pyrrole nitrogens is 1. The standard InChI is InChI=1S/C37H40N8O5/c1-22(2)32-37(49)40-23(3)34-43-33(25-9-5-4-6-10-25)44-45(34)21-31(46)38-17-18-50-26-15-13-24(14-16-26)19-30(36(48)42-32)41-35(47)28-20-39-29-12-8-7-11-27(28)29/h4-16,20,22-23,30,32,39H,17-19,21H2,1-3H3,(H,38,46)(H,40,49)(H,41,47)(H,42,48)/t23-,30-,32+/m0/s1. The Morgan fingerprint density at radius 1 is 0.940 bits per heavy atom. The maximum absolute atomic E-state index is 14.0. The number of carbonyl (C=O) groups is 4. The van der Waals surface area contributed by atoms with Gasteiger partial charge in [0, 0.05) is 29.1 Å². The van der Waals surface area contributed by atoms with Crippen LogP contribution in [0.4, 0.5) is 0 Å². The van der Waals surface area contributed by atoms with Crippen molar-refractivity contribution in [3.63, 3.8) is 0 Å². The van der Waals surface area contributed by atoms with Crippen molar-refractivity contribution in [1.29, 1.82) is 0 Å². The summed E-state index contributed by atoms with van der Waals surface area (Å²) in [5.74, 6) is -0.634. The lowest BCUT2D eigenvalue weighted by Gasteiger charge is -2.26. The summed E-state index contributed by atoms with van der Waals surface area (Å²) in [5.41, 5.74) is 2.73. The maximum Gasteiger partial charge on any atom is 0.254 e. The molecule has 5 aromatic rings. The summed E-state index contributed by atoms with van der Waals surface area (Å²) in [6.07, 6.45) is 1.77. The highest BCUT2D eigenvalue weighted by Crippen LogP contribution is 2.21. The SMILES string of the molecule is CC(C)[C@H]1NC(=O)[C@@H](NC(=O)c2c[nH]c3ccccc23)Cc2ccc(cc2)OCCNC(=O)Cn2nc(-c3ccccc3)nc2[C@H](C)NC1=O. The molecule has 2 aliphatic heterocycles. The van der Waals surface area contributed by atoms with Crippen LogP contribution in [0.2, 0.25) is 0 Å². The molecule has 7 rings (SSSR count). The molecule has 0 aliphatic carbocycles. The first-order valence-corrected chi connectivity index (χ1v) is 16.6. The van der Waals surface area contributed by atoms with Crippen LogP contribution in [0.15, 0.2) is 85.1 Å². The molecule has 0 radical (unpaired) electrons. The molecule has 5 N–H and O–H groups in total. The fraction of sp³-hybridized carbons (Fsp3) is 0.297. The summed E-state index contributed by atoms with van der Waals surface area (Å²) in [4.78, 5) is 62.2. The van der Waals surface area contributed by atoms with Crippen molar-refractivity contribution in [3.8, 4) is 17.1 Å². The Balaban J connectivity index is 1.30. The van der Waals surface area contributed by atoms with Crippen LogP contribution in [0.1, 0.15) is 48.6 Å². The molecule has 258 valence electrons. The van der Waals surface area contributed by atoms with Crippen molar-refractivity contribution in [2.24, 2.45) is 5.92 Å². The Kier molecular flexibility index (Phi) is 10.2. The molecule has 0 fully saturated rings. The normalized spacial score (nSPS) is 19.2. The Labute approximate surface area is 289 Å². The summed E-state index contributed by atoms with van der Waals surface area (Å²) in [7, 11) is 0. The van der Waals surface area contributed by atoms with Gasteiger partial charge in [-0.05, 0) is 36.6 Å². The Morgan fingerprint density at radius 2 is 1.68 bits per heavy atom. The number of hydrogen-bond donors (Lipinski definition) is 5. The summed E-state index contributed by atoms with van der Waals surface area (Å²) >= 11 is 0. The van der Waals surface area contributed by atoms with E-state index >= 15 is 0 Å². The number of nitrogens with zero attached hydrogens (tertiary/aromatic N) is 3. The van der Waals surface area contributed by atoms with Gasteiger partial charge in [-0.2, -0.15) is 5.10 Å². The molecule has 3 atom stereocenters. The van der Waals surface area contributed by atoms with E-state index in [0.717, 1.165) is 22.0 Å². The lowest BCUT2D eigenvalue weighted by Crippen LogP contribution is -2.56. The topological polar surface area (TPSA) is 172 Å². The summed E-state index contributed by atoms with van der Waals surface area (Å²) < 4.78 is 7.31. The number of carbonyl (C=O) groups excluding carboxylic acids is 4. The van der Waals surface area contributed by atoms with Crippen molar-refractivity contribution in [1.82, 2.24) is 41.0 Å². The first kappa shape index (κ1) is 33.9. The van der Waals surface area contributed by atoms with Gasteiger partial charge in [0.05, 0.1) is 18.2 Å². The second-order valence-corrected chi connectivity index (χ2v) is 12.6. The minimum Gasteiger partial charge on any atom is -0.492 e. The average molecular weight is 677 g/mol. The summed E-state index contributed by atoms with van der Waals surface area (Å²) in [5, 5.41) is 16.9. The predicted octanol–water partition coefficient (Wildman–Crippen LogP) is 3.29. The Hall–Kier alpha value is -5.98. The number of benzene rings is 3. The molecule has 2 aliphatic rings. The van der Waals surface area contributed by atoms with Crippen molar-refractivity contribution < 1.29 is 23.9 Å². The van der Waals surface area contributed by atoms with Gasteiger partial charge in [0.15, 0.2) is 5.82 Å². The minimum atomic E-state index is -1.01. The monoisotopic (exact) mass is 676 g/mol. The molecule has 4 amide bonds. The average Bonchev–Trinajstić information content (AvgIpc) is 3.74. The van der Waals surface area contributed by atoms with Gasteiger partial charge >= 0.3 is 0 Å². The Bertz CT molecular complexity index is 1990. The first-order valence-electron chi connectivity index (χ1n) is 16.6. The van der Waals surface area contributed by atoms with E-state index in [1.54, 1.807) is 25.3 Å². The van der Waals surface area contributed by atoms with Crippen LogP contribution in [0.3, 0.4) is 0 Å². The number of ether oxygens (including phenoxy) is 1. The van der Waals surface area contributed by atoms with Crippen LogP contribution < -0.4 is 26.0 Å². The second-order valence-electron chi connectivity index (χ2n) is 12.6. The van der Waals surface area contributed by atoms with Gasteiger partial charge in [0.1, 0.15) is 36.8 Å². The van der Waals surface area contributed by atoms with Crippen LogP contribution >= 0.6 is 0 Å². The van der Waals surface area contributed by atoms with Crippen LogP contribution in [-0.4, -0.2) is 68.6 Å². The van der Waals surface area contributed by atoms with E-state index in [1.807, 2.05) is 80.6 Å². The first-order chi connectivity index (χ1) is 24.2. The highest BCUT2D eigenvalue weighted by molar-refractivity contribution is 6.08. The smallest absolute Gasteiger partial charge is 0.254 e. The van der Waals surface area contributed by atoms with Crippen LogP contribution in [0.5, 0.6) is 5.75 Å².